The Morgan fingerprint density at radius 2 is 2.25 bits per heavy atom. The predicted molar refractivity (Wildman–Crippen MR) is 41.8 cm³/mol. The summed E-state index contributed by atoms with van der Waals surface area (Å²) in [6.45, 7) is 1.94. The zero-order valence-electron chi connectivity index (χ0n) is 5.09. The van der Waals surface area contributed by atoms with Crippen molar-refractivity contribution in [3.05, 3.63) is 11.6 Å². The molecule has 0 saturated heterocycles. The molecule has 0 aromatic rings. The Bertz CT molecular complexity index is 124. The zero-order chi connectivity index (χ0) is 6.41. The second kappa shape index (κ2) is 4.65. The average molecular weight is 127 g/mol. The van der Waals surface area contributed by atoms with Crippen molar-refractivity contribution >= 4 is 23.8 Å². The summed E-state index contributed by atoms with van der Waals surface area (Å²) in [5.41, 5.74) is 1.06. The van der Waals surface area contributed by atoms with Crippen LogP contribution in [0.25, 0.3) is 0 Å². The lowest BCUT2D eigenvalue weighted by Crippen LogP contribution is -1.73. The monoisotopic (exact) mass is 127 g/mol. The van der Waals surface area contributed by atoms with Gasteiger partial charge in [-0.1, -0.05) is 12.2 Å². The van der Waals surface area contributed by atoms with E-state index in [0.29, 0.717) is 0 Å². The first kappa shape index (κ1) is 7.50. The molecule has 0 spiro atoms. The quantitative estimate of drug-likeness (QED) is 0.312. The fourth-order valence-corrected chi connectivity index (χ4v) is 0.310. The van der Waals surface area contributed by atoms with Crippen LogP contribution in [0.2, 0.25) is 0 Å². The van der Waals surface area contributed by atoms with Gasteiger partial charge in [0.05, 0.1) is 0 Å². The van der Waals surface area contributed by atoms with E-state index < -0.39 is 0 Å². The molecule has 0 aliphatic rings. The van der Waals surface area contributed by atoms with Crippen LogP contribution in [0.5, 0.6) is 0 Å². The van der Waals surface area contributed by atoms with Crippen LogP contribution in [0.3, 0.4) is 0 Å². The van der Waals surface area contributed by atoms with E-state index in [-0.39, 0.29) is 0 Å². The van der Waals surface area contributed by atoms with E-state index in [1.54, 1.807) is 18.6 Å². The van der Waals surface area contributed by atoms with E-state index in [0.717, 1.165) is 5.57 Å². The number of hydrogen-bond acceptors (Lipinski definition) is 2. The minimum absolute atomic E-state index is 1.06. The number of thiocarbonyl (C=S) groups is 1. The fraction of sp³-hybridized carbons (Fsp3) is 0.333. The van der Waals surface area contributed by atoms with Crippen molar-refractivity contribution in [1.82, 2.24) is 0 Å². The molecule has 0 N–H and O–H groups in total. The minimum atomic E-state index is 1.06. The van der Waals surface area contributed by atoms with Gasteiger partial charge in [-0.3, -0.25) is 4.99 Å². The van der Waals surface area contributed by atoms with Gasteiger partial charge in [0.25, 0.3) is 0 Å². The van der Waals surface area contributed by atoms with Crippen LogP contribution < -0.4 is 0 Å². The average Bonchev–Trinajstić information content (AvgIpc) is 1.83. The Labute approximate surface area is 55.1 Å². The zero-order valence-corrected chi connectivity index (χ0v) is 5.90. The molecule has 0 radical (unpaired) electrons. The first-order valence-electron chi connectivity index (χ1n) is 2.35. The standard InChI is InChI=1S/C6H9NS/c1-6(5-8)3-4-7-2/h3-5H,1-2H3/b6-3-,7-4-. The lowest BCUT2D eigenvalue weighted by Gasteiger charge is -1.79. The number of aliphatic imine (C=N–C) groups is 1. The summed E-state index contributed by atoms with van der Waals surface area (Å²) in [6.07, 6.45) is 3.59. The molecule has 0 unspecified atom stereocenters. The lowest BCUT2D eigenvalue weighted by molar-refractivity contribution is 1.47. The van der Waals surface area contributed by atoms with Crippen molar-refractivity contribution in [1.29, 1.82) is 0 Å². The molecule has 0 heterocycles. The van der Waals surface area contributed by atoms with Crippen molar-refractivity contribution in [3.8, 4) is 0 Å². The van der Waals surface area contributed by atoms with Gasteiger partial charge in [0.2, 0.25) is 0 Å². The third kappa shape index (κ3) is 3.68. The summed E-state index contributed by atoms with van der Waals surface area (Å²) in [4.78, 5) is 3.76. The van der Waals surface area contributed by atoms with Crippen molar-refractivity contribution in [2.75, 3.05) is 7.05 Å². The molecule has 0 aromatic heterocycles. The minimum Gasteiger partial charge on any atom is -0.297 e. The topological polar surface area (TPSA) is 12.4 Å². The third-order valence-electron chi connectivity index (χ3n) is 0.672. The van der Waals surface area contributed by atoms with Crippen LogP contribution in [0.15, 0.2) is 16.6 Å². The Kier molecular flexibility index (Phi) is 4.36. The molecular weight excluding hydrogens is 118 g/mol. The Morgan fingerprint density at radius 1 is 1.62 bits per heavy atom. The van der Waals surface area contributed by atoms with E-state index in [4.69, 9.17) is 0 Å². The Balaban J connectivity index is 3.74. The molecule has 0 aliphatic carbocycles. The maximum Gasteiger partial charge on any atom is 0.0277 e. The molecule has 0 fully saturated rings. The summed E-state index contributed by atoms with van der Waals surface area (Å²) in [6, 6.07) is 0. The molecule has 2 heteroatoms. The molecule has 8 heavy (non-hydrogen) atoms. The van der Waals surface area contributed by atoms with Gasteiger partial charge in [0.1, 0.15) is 0 Å². The lowest BCUT2D eigenvalue weighted by atomic mass is 10.3. The number of rotatable bonds is 2. The number of hydrogen-bond donors (Lipinski definition) is 0. The van der Waals surface area contributed by atoms with E-state index in [1.165, 1.54) is 0 Å². The van der Waals surface area contributed by atoms with Gasteiger partial charge in [-0.15, -0.1) is 0 Å². The molecule has 0 saturated carbocycles. The summed E-state index contributed by atoms with van der Waals surface area (Å²) >= 11 is 4.63. The first-order valence-corrected chi connectivity index (χ1v) is 2.82. The molecule has 0 aliphatic heterocycles. The van der Waals surface area contributed by atoms with Crippen LogP contribution in [-0.2, 0) is 0 Å². The summed E-state index contributed by atoms with van der Waals surface area (Å²) in [5.74, 6) is 0. The van der Waals surface area contributed by atoms with Crippen LogP contribution in [0.1, 0.15) is 6.92 Å². The molecule has 0 amide bonds. The van der Waals surface area contributed by atoms with Crippen LogP contribution in [0.4, 0.5) is 0 Å². The highest BCUT2D eigenvalue weighted by molar-refractivity contribution is 7.79. The molecule has 0 aromatic carbocycles. The van der Waals surface area contributed by atoms with E-state index >= 15 is 0 Å². The Morgan fingerprint density at radius 3 is 2.62 bits per heavy atom. The van der Waals surface area contributed by atoms with Gasteiger partial charge in [-0.2, -0.15) is 0 Å². The van der Waals surface area contributed by atoms with E-state index in [9.17, 15) is 0 Å². The third-order valence-corrected chi connectivity index (χ3v) is 1.04. The highest BCUT2D eigenvalue weighted by Gasteiger charge is 1.72. The maximum atomic E-state index is 4.63. The van der Waals surface area contributed by atoms with Crippen molar-refractivity contribution in [2.24, 2.45) is 4.99 Å². The molecular formula is C6H9NS. The van der Waals surface area contributed by atoms with Gasteiger partial charge in [-0.05, 0) is 18.6 Å². The molecule has 0 bridgehead atoms. The van der Waals surface area contributed by atoms with Crippen LogP contribution >= 0.6 is 12.2 Å². The summed E-state index contributed by atoms with van der Waals surface area (Å²) < 4.78 is 0. The summed E-state index contributed by atoms with van der Waals surface area (Å²) in [7, 11) is 1.73. The van der Waals surface area contributed by atoms with Gasteiger partial charge in [-0.25, -0.2) is 0 Å². The van der Waals surface area contributed by atoms with Crippen molar-refractivity contribution < 1.29 is 0 Å². The number of nitrogens with zero attached hydrogens (tertiary/aromatic N) is 1. The van der Waals surface area contributed by atoms with Crippen molar-refractivity contribution in [2.45, 2.75) is 6.92 Å². The molecule has 1 nitrogen and oxygen atoms in total. The van der Waals surface area contributed by atoms with E-state index in [1.807, 2.05) is 13.0 Å². The fourth-order valence-electron chi connectivity index (χ4n) is 0.231. The Hall–Kier alpha value is -0.500. The van der Waals surface area contributed by atoms with Gasteiger partial charge in [0.15, 0.2) is 0 Å². The van der Waals surface area contributed by atoms with Crippen LogP contribution in [-0.4, -0.2) is 18.6 Å². The molecule has 44 valence electrons. The number of allylic oxidation sites excluding steroid dienone is 2. The normalized spacial score (nSPS) is 12.5. The molecule has 0 rings (SSSR count). The largest absolute Gasteiger partial charge is 0.297 e. The van der Waals surface area contributed by atoms with E-state index in [2.05, 4.69) is 17.2 Å². The SMILES string of the molecule is C/N=C\C=C(\C)C=S. The van der Waals surface area contributed by atoms with Gasteiger partial charge in [0, 0.05) is 18.6 Å². The maximum absolute atomic E-state index is 4.63. The van der Waals surface area contributed by atoms with Crippen molar-refractivity contribution in [3.63, 3.8) is 0 Å². The second-order valence-corrected chi connectivity index (χ2v) is 1.67. The highest BCUT2D eigenvalue weighted by atomic mass is 32.1. The smallest absolute Gasteiger partial charge is 0.0277 e. The predicted octanol–water partition coefficient (Wildman–Crippen LogP) is 1.63. The van der Waals surface area contributed by atoms with Gasteiger partial charge < -0.3 is 0 Å². The highest BCUT2D eigenvalue weighted by Crippen LogP contribution is 1.82. The van der Waals surface area contributed by atoms with Gasteiger partial charge >= 0.3 is 0 Å². The van der Waals surface area contributed by atoms with Crippen LogP contribution in [0, 0.1) is 0 Å². The summed E-state index contributed by atoms with van der Waals surface area (Å²) in [5, 5.41) is 1.63. The molecule has 0 atom stereocenters. The first-order chi connectivity index (χ1) is 3.81. The second-order valence-electron chi connectivity index (χ2n) is 1.44.